The number of phenols is 1. The van der Waals surface area contributed by atoms with Gasteiger partial charge in [-0.15, -0.1) is 0 Å². The average molecular weight is 320 g/mol. The zero-order valence-electron chi connectivity index (χ0n) is 13.7. The van der Waals surface area contributed by atoms with Gasteiger partial charge in [0.1, 0.15) is 11.2 Å². The van der Waals surface area contributed by atoms with Gasteiger partial charge in [0.2, 0.25) is 0 Å². The fourth-order valence-corrected chi connectivity index (χ4v) is 3.81. The van der Waals surface area contributed by atoms with Crippen LogP contribution in [0, 0.1) is 0 Å². The van der Waals surface area contributed by atoms with Crippen LogP contribution < -0.4 is 4.90 Å². The Balaban J connectivity index is 1.85. The Hall–Kier alpha value is -2.46. The minimum atomic E-state index is 0.0536. The van der Waals surface area contributed by atoms with Crippen molar-refractivity contribution in [3.8, 4) is 5.75 Å². The summed E-state index contributed by atoms with van der Waals surface area (Å²) in [6.45, 7) is 2.22. The zero-order chi connectivity index (χ0) is 16.4. The Morgan fingerprint density at radius 1 is 0.875 bits per heavy atom. The summed E-state index contributed by atoms with van der Waals surface area (Å²) in [5, 5.41) is 11.9. The van der Waals surface area contributed by atoms with E-state index in [4.69, 9.17) is 0 Å². The van der Waals surface area contributed by atoms with Crippen molar-refractivity contribution in [1.29, 1.82) is 0 Å². The van der Waals surface area contributed by atoms with Crippen LogP contribution in [-0.4, -0.2) is 28.2 Å². The van der Waals surface area contributed by atoms with Gasteiger partial charge in [-0.05, 0) is 43.5 Å². The number of fused-ring (bicyclic) bond motifs is 1. The van der Waals surface area contributed by atoms with Gasteiger partial charge >= 0.3 is 0 Å². The van der Waals surface area contributed by atoms with Crippen LogP contribution in [0.5, 0.6) is 5.75 Å². The van der Waals surface area contributed by atoms with E-state index in [1.54, 1.807) is 6.20 Å². The number of nitrogens with one attached hydrogen (secondary N) is 1. The molecule has 24 heavy (non-hydrogen) atoms. The van der Waals surface area contributed by atoms with Crippen molar-refractivity contribution in [1.82, 2.24) is 9.97 Å². The summed E-state index contributed by atoms with van der Waals surface area (Å²) in [6.07, 6.45) is 7.32. The van der Waals surface area contributed by atoms with E-state index in [0.717, 1.165) is 29.7 Å². The van der Waals surface area contributed by atoms with Crippen LogP contribution in [0.25, 0.3) is 10.9 Å². The summed E-state index contributed by atoms with van der Waals surface area (Å²) in [7, 11) is 0. The summed E-state index contributed by atoms with van der Waals surface area (Å²) >= 11 is 0. The number of piperidine rings is 1. The first-order valence-electron chi connectivity index (χ1n) is 8.67. The Morgan fingerprint density at radius 2 is 1.71 bits per heavy atom. The largest absolute Gasteiger partial charge is 0.505 e. The third kappa shape index (κ3) is 2.74. The van der Waals surface area contributed by atoms with E-state index in [2.05, 4.69) is 22.1 Å². The predicted octanol–water partition coefficient (Wildman–Crippen LogP) is 2.49. The van der Waals surface area contributed by atoms with Crippen molar-refractivity contribution in [3.05, 3.63) is 66.1 Å². The highest BCUT2D eigenvalue weighted by molar-refractivity contribution is 5.85. The lowest BCUT2D eigenvalue weighted by molar-refractivity contribution is -0.930. The molecule has 2 aromatic heterocycles. The van der Waals surface area contributed by atoms with Gasteiger partial charge in [-0.1, -0.05) is 18.2 Å². The maximum atomic E-state index is 10.9. The average Bonchev–Trinajstić information content (AvgIpc) is 2.66. The van der Waals surface area contributed by atoms with Crippen LogP contribution in [0.15, 0.2) is 54.9 Å². The molecule has 0 spiro atoms. The molecule has 3 heterocycles. The van der Waals surface area contributed by atoms with Gasteiger partial charge in [0, 0.05) is 17.8 Å². The number of aromatic nitrogens is 2. The first-order valence-corrected chi connectivity index (χ1v) is 8.67. The molecule has 4 nitrogen and oxygen atoms in total. The van der Waals surface area contributed by atoms with Gasteiger partial charge < -0.3 is 10.0 Å². The van der Waals surface area contributed by atoms with Crippen LogP contribution >= 0.6 is 0 Å². The van der Waals surface area contributed by atoms with Gasteiger partial charge in [-0.2, -0.15) is 0 Å². The van der Waals surface area contributed by atoms with E-state index >= 15 is 0 Å². The van der Waals surface area contributed by atoms with E-state index < -0.39 is 0 Å². The lowest BCUT2D eigenvalue weighted by Crippen LogP contribution is -3.13. The van der Waals surface area contributed by atoms with Gasteiger partial charge in [0.05, 0.1) is 18.7 Å². The molecule has 3 aromatic rings. The molecule has 0 amide bonds. The molecule has 1 fully saturated rings. The summed E-state index contributed by atoms with van der Waals surface area (Å²) in [5.74, 6) is 0.293. The minimum absolute atomic E-state index is 0.0536. The molecule has 1 aromatic carbocycles. The van der Waals surface area contributed by atoms with Crippen LogP contribution in [0.2, 0.25) is 0 Å². The van der Waals surface area contributed by atoms with Gasteiger partial charge in [-0.3, -0.25) is 9.97 Å². The Bertz CT molecular complexity index is 829. The topological polar surface area (TPSA) is 50.5 Å². The van der Waals surface area contributed by atoms with E-state index in [-0.39, 0.29) is 6.04 Å². The number of hydrogen-bond acceptors (Lipinski definition) is 3. The van der Waals surface area contributed by atoms with Crippen molar-refractivity contribution in [2.24, 2.45) is 0 Å². The molecule has 0 aliphatic carbocycles. The van der Waals surface area contributed by atoms with Gasteiger partial charge in [0.15, 0.2) is 11.8 Å². The summed E-state index contributed by atoms with van der Waals surface area (Å²) in [6, 6.07) is 14.1. The highest BCUT2D eigenvalue weighted by atomic mass is 16.3. The molecule has 122 valence electrons. The highest BCUT2D eigenvalue weighted by Crippen LogP contribution is 2.32. The Morgan fingerprint density at radius 3 is 2.50 bits per heavy atom. The number of benzene rings is 1. The monoisotopic (exact) mass is 320 g/mol. The molecule has 4 heteroatoms. The molecule has 1 atom stereocenters. The highest BCUT2D eigenvalue weighted by Gasteiger charge is 2.31. The number of quaternary nitrogens is 1. The number of nitrogens with zero attached hydrogens (tertiary/aromatic N) is 2. The van der Waals surface area contributed by atoms with E-state index in [1.165, 1.54) is 24.2 Å². The fourth-order valence-electron chi connectivity index (χ4n) is 3.81. The van der Waals surface area contributed by atoms with Crippen molar-refractivity contribution >= 4 is 10.9 Å². The van der Waals surface area contributed by atoms with Gasteiger partial charge in [-0.25, -0.2) is 0 Å². The van der Waals surface area contributed by atoms with Crippen LogP contribution in [0.4, 0.5) is 0 Å². The zero-order valence-corrected chi connectivity index (χ0v) is 13.7. The van der Waals surface area contributed by atoms with E-state index in [0.29, 0.717) is 11.3 Å². The second kappa shape index (κ2) is 6.57. The maximum absolute atomic E-state index is 10.9. The Labute approximate surface area is 141 Å². The molecule has 1 aliphatic heterocycles. The fraction of sp³-hybridized carbons (Fsp3) is 0.300. The minimum Gasteiger partial charge on any atom is -0.505 e. The first kappa shape index (κ1) is 15.1. The van der Waals surface area contributed by atoms with Crippen molar-refractivity contribution < 1.29 is 10.0 Å². The van der Waals surface area contributed by atoms with Crippen molar-refractivity contribution in [3.63, 3.8) is 0 Å². The van der Waals surface area contributed by atoms with Gasteiger partial charge in [0.25, 0.3) is 0 Å². The quantitative estimate of drug-likeness (QED) is 0.779. The summed E-state index contributed by atoms with van der Waals surface area (Å²) < 4.78 is 0. The standard InChI is InChI=1S/C20H21N3O/c24-20-16(10-9-15-7-6-12-22-18(15)20)19(17-8-2-3-11-21-17)23-13-4-1-5-14-23/h2-3,6-12,19,24H,1,4-5,13-14H2/p+1/t19-/m0/s1. The molecular weight excluding hydrogens is 298 g/mol. The summed E-state index contributed by atoms with van der Waals surface area (Å²) in [4.78, 5) is 10.5. The number of likely N-dealkylation sites (tertiary alicyclic amines) is 1. The molecule has 0 radical (unpaired) electrons. The Kier molecular flexibility index (Phi) is 4.13. The number of phenolic OH excluding ortho intramolecular Hbond substituents is 1. The lowest BCUT2D eigenvalue weighted by Gasteiger charge is -2.31. The third-order valence-electron chi connectivity index (χ3n) is 4.98. The maximum Gasteiger partial charge on any atom is 0.160 e. The molecule has 0 unspecified atom stereocenters. The van der Waals surface area contributed by atoms with Crippen molar-refractivity contribution in [2.45, 2.75) is 25.3 Å². The van der Waals surface area contributed by atoms with Crippen LogP contribution in [0.1, 0.15) is 36.6 Å². The second-order valence-electron chi connectivity index (χ2n) is 6.49. The van der Waals surface area contributed by atoms with Crippen LogP contribution in [-0.2, 0) is 0 Å². The lowest BCUT2D eigenvalue weighted by atomic mass is 9.96. The first-order chi connectivity index (χ1) is 11.8. The third-order valence-corrected chi connectivity index (χ3v) is 4.98. The summed E-state index contributed by atoms with van der Waals surface area (Å²) in [5.41, 5.74) is 2.61. The van der Waals surface area contributed by atoms with E-state index in [9.17, 15) is 5.11 Å². The number of rotatable bonds is 3. The number of hydrogen-bond donors (Lipinski definition) is 2. The number of pyridine rings is 2. The second-order valence-corrected chi connectivity index (χ2v) is 6.49. The molecular formula is C20H22N3O+. The smallest absolute Gasteiger partial charge is 0.160 e. The molecule has 2 N–H and O–H groups in total. The molecule has 0 saturated carbocycles. The molecule has 1 saturated heterocycles. The molecule has 0 bridgehead atoms. The van der Waals surface area contributed by atoms with E-state index in [1.807, 2.05) is 36.5 Å². The van der Waals surface area contributed by atoms with Crippen molar-refractivity contribution in [2.75, 3.05) is 13.1 Å². The van der Waals surface area contributed by atoms with Crippen LogP contribution in [0.3, 0.4) is 0 Å². The predicted molar refractivity (Wildman–Crippen MR) is 94.0 cm³/mol. The molecule has 4 rings (SSSR count). The molecule has 1 aliphatic rings. The SMILES string of the molecule is Oc1c([C@@H](c2ccccn2)[NH+]2CCCCC2)ccc2cccnc12. The number of aromatic hydroxyl groups is 1. The normalized spacial score (nSPS) is 17.0.